The van der Waals surface area contributed by atoms with Gasteiger partial charge in [0.05, 0.1) is 33.6 Å². The summed E-state index contributed by atoms with van der Waals surface area (Å²) in [5, 5.41) is 0. The fourth-order valence-corrected chi connectivity index (χ4v) is 5.67. The first-order valence-electron chi connectivity index (χ1n) is 11.7. The van der Waals surface area contributed by atoms with E-state index in [0.717, 1.165) is 20.9 Å². The predicted octanol–water partition coefficient (Wildman–Crippen LogP) is 6.06. The van der Waals surface area contributed by atoms with Crippen molar-refractivity contribution < 1.29 is 19.2 Å². The summed E-state index contributed by atoms with van der Waals surface area (Å²) in [6, 6.07) is 24.9. The molecule has 0 radical (unpaired) electrons. The van der Waals surface area contributed by atoms with Crippen molar-refractivity contribution in [1.82, 2.24) is 0 Å². The van der Waals surface area contributed by atoms with Crippen LogP contribution < -0.4 is 9.80 Å². The number of hydrogen-bond acceptors (Lipinski definition) is 5. The SMILES string of the molecule is Cc1ccccc1N1C(=O)c2ccc(Sc3ccc4c(c3)C(=O)N(c3ccccc3C)C4=O)cc2C1=O. The van der Waals surface area contributed by atoms with Gasteiger partial charge in [0.1, 0.15) is 0 Å². The third-order valence-corrected chi connectivity index (χ3v) is 7.64. The largest absolute Gasteiger partial charge is 0.268 e. The van der Waals surface area contributed by atoms with Crippen LogP contribution in [-0.4, -0.2) is 23.6 Å². The lowest BCUT2D eigenvalue weighted by molar-refractivity contribution is 0.0910. The Bertz CT molecular complexity index is 1550. The van der Waals surface area contributed by atoms with Crippen molar-refractivity contribution >= 4 is 46.8 Å². The van der Waals surface area contributed by atoms with Crippen molar-refractivity contribution in [2.75, 3.05) is 9.80 Å². The van der Waals surface area contributed by atoms with Gasteiger partial charge < -0.3 is 0 Å². The minimum absolute atomic E-state index is 0.344. The summed E-state index contributed by atoms with van der Waals surface area (Å²) in [6.45, 7) is 3.72. The maximum Gasteiger partial charge on any atom is 0.266 e. The molecule has 0 aliphatic carbocycles. The molecule has 0 unspecified atom stereocenters. The van der Waals surface area contributed by atoms with Crippen LogP contribution in [0.2, 0.25) is 0 Å². The maximum atomic E-state index is 13.2. The summed E-state index contributed by atoms with van der Waals surface area (Å²) in [5.41, 5.74) is 4.23. The Morgan fingerprint density at radius 3 is 1.27 bits per heavy atom. The summed E-state index contributed by atoms with van der Waals surface area (Å²) >= 11 is 1.36. The highest BCUT2D eigenvalue weighted by molar-refractivity contribution is 7.99. The van der Waals surface area contributed by atoms with Crippen molar-refractivity contribution in [2.24, 2.45) is 0 Å². The normalized spacial score (nSPS) is 14.4. The van der Waals surface area contributed by atoms with Crippen LogP contribution in [-0.2, 0) is 0 Å². The molecule has 0 fully saturated rings. The second-order valence-electron chi connectivity index (χ2n) is 8.98. The van der Waals surface area contributed by atoms with Crippen LogP contribution in [0, 0.1) is 13.8 Å². The quantitative estimate of drug-likeness (QED) is 0.316. The fourth-order valence-electron chi connectivity index (χ4n) is 4.77. The number of para-hydroxylation sites is 2. The van der Waals surface area contributed by atoms with Crippen LogP contribution in [0.25, 0.3) is 0 Å². The molecule has 6 rings (SSSR count). The van der Waals surface area contributed by atoms with Gasteiger partial charge in [-0.05, 0) is 73.5 Å². The van der Waals surface area contributed by atoms with Crippen LogP contribution in [0.1, 0.15) is 52.6 Å². The van der Waals surface area contributed by atoms with E-state index in [9.17, 15) is 19.2 Å². The van der Waals surface area contributed by atoms with Gasteiger partial charge in [-0.3, -0.25) is 19.2 Å². The zero-order valence-electron chi connectivity index (χ0n) is 20.0. The first kappa shape index (κ1) is 22.9. The van der Waals surface area contributed by atoms with E-state index in [4.69, 9.17) is 0 Å². The second kappa shape index (κ2) is 8.57. The van der Waals surface area contributed by atoms with Crippen molar-refractivity contribution in [3.63, 3.8) is 0 Å². The average molecular weight is 505 g/mol. The molecule has 2 heterocycles. The lowest BCUT2D eigenvalue weighted by atomic mass is 10.1. The number of rotatable bonds is 4. The van der Waals surface area contributed by atoms with Gasteiger partial charge >= 0.3 is 0 Å². The lowest BCUT2D eigenvalue weighted by Crippen LogP contribution is -2.29. The first-order valence-corrected chi connectivity index (χ1v) is 12.5. The number of carbonyl (C=O) groups excluding carboxylic acids is 4. The molecule has 0 bridgehead atoms. The third kappa shape index (κ3) is 3.58. The molecule has 2 aliphatic heterocycles. The van der Waals surface area contributed by atoms with E-state index < -0.39 is 0 Å². The number of imide groups is 2. The Labute approximate surface area is 217 Å². The molecule has 2 aliphatic rings. The van der Waals surface area contributed by atoms with Gasteiger partial charge in [0, 0.05) is 9.79 Å². The van der Waals surface area contributed by atoms with Crippen LogP contribution >= 0.6 is 11.8 Å². The summed E-state index contributed by atoms with van der Waals surface area (Å²) in [6.07, 6.45) is 0. The van der Waals surface area contributed by atoms with E-state index in [0.29, 0.717) is 33.6 Å². The second-order valence-corrected chi connectivity index (χ2v) is 10.1. The highest BCUT2D eigenvalue weighted by Gasteiger charge is 2.39. The molecule has 4 amide bonds. The van der Waals surface area contributed by atoms with Crippen molar-refractivity contribution in [2.45, 2.75) is 23.6 Å². The van der Waals surface area contributed by atoms with Gasteiger partial charge in [0.25, 0.3) is 23.6 Å². The fraction of sp³-hybridized carbons (Fsp3) is 0.0667. The zero-order chi connectivity index (χ0) is 25.8. The van der Waals surface area contributed by atoms with E-state index in [1.54, 1.807) is 60.7 Å². The van der Waals surface area contributed by atoms with Crippen molar-refractivity contribution in [3.05, 3.63) is 118 Å². The standard InChI is InChI=1S/C30H20N2O4S/c1-17-7-3-5-9-25(17)31-27(33)21-13-11-19(15-23(21)29(31)35)37-20-12-14-22-24(16-20)30(36)32(28(22)34)26-10-6-4-8-18(26)2/h3-16H,1-2H3. The maximum absolute atomic E-state index is 13.2. The number of benzene rings is 4. The molecule has 4 aromatic rings. The number of hydrogen-bond donors (Lipinski definition) is 0. The van der Waals surface area contributed by atoms with Crippen LogP contribution in [0.15, 0.2) is 94.7 Å². The van der Waals surface area contributed by atoms with E-state index in [1.165, 1.54) is 21.6 Å². The Balaban J connectivity index is 1.29. The van der Waals surface area contributed by atoms with Gasteiger partial charge in [0.2, 0.25) is 0 Å². The highest BCUT2D eigenvalue weighted by atomic mass is 32.2. The van der Waals surface area contributed by atoms with Crippen LogP contribution in [0.5, 0.6) is 0 Å². The monoisotopic (exact) mass is 504 g/mol. The van der Waals surface area contributed by atoms with Crippen molar-refractivity contribution in [3.8, 4) is 0 Å². The molecule has 0 aromatic heterocycles. The predicted molar refractivity (Wildman–Crippen MR) is 142 cm³/mol. The van der Waals surface area contributed by atoms with Gasteiger partial charge in [-0.2, -0.15) is 0 Å². The zero-order valence-corrected chi connectivity index (χ0v) is 20.8. The van der Waals surface area contributed by atoms with E-state index >= 15 is 0 Å². The number of aryl methyl sites for hydroxylation is 2. The summed E-state index contributed by atoms with van der Waals surface area (Å²) < 4.78 is 0. The number of amides is 4. The van der Waals surface area contributed by atoms with Gasteiger partial charge in [-0.25, -0.2) is 9.80 Å². The molecule has 180 valence electrons. The molecule has 0 N–H and O–H groups in total. The minimum atomic E-state index is -0.361. The smallest absolute Gasteiger partial charge is 0.266 e. The molecule has 37 heavy (non-hydrogen) atoms. The lowest BCUT2D eigenvalue weighted by Gasteiger charge is -2.16. The Morgan fingerprint density at radius 2 is 0.865 bits per heavy atom. The molecule has 0 saturated heterocycles. The molecule has 7 heteroatoms. The summed E-state index contributed by atoms with van der Waals surface area (Å²) in [4.78, 5) is 56.4. The topological polar surface area (TPSA) is 74.8 Å². The number of anilines is 2. The molecule has 6 nitrogen and oxygen atoms in total. The van der Waals surface area contributed by atoms with Gasteiger partial charge in [0.15, 0.2) is 0 Å². The average Bonchev–Trinajstić information content (AvgIpc) is 3.28. The van der Waals surface area contributed by atoms with E-state index in [1.807, 2.05) is 38.1 Å². The molecule has 0 spiro atoms. The molecule has 0 saturated carbocycles. The number of nitrogens with zero attached hydrogens (tertiary/aromatic N) is 2. The molecule has 0 atom stereocenters. The Morgan fingerprint density at radius 1 is 0.486 bits per heavy atom. The molecular weight excluding hydrogens is 484 g/mol. The molecule has 4 aromatic carbocycles. The summed E-state index contributed by atoms with van der Waals surface area (Å²) in [5.74, 6) is -1.41. The van der Waals surface area contributed by atoms with E-state index in [-0.39, 0.29) is 23.6 Å². The van der Waals surface area contributed by atoms with Crippen LogP contribution in [0.3, 0.4) is 0 Å². The highest BCUT2D eigenvalue weighted by Crippen LogP contribution is 2.37. The van der Waals surface area contributed by atoms with Gasteiger partial charge in [-0.1, -0.05) is 48.2 Å². The Kier molecular flexibility index (Phi) is 5.31. The van der Waals surface area contributed by atoms with Crippen LogP contribution in [0.4, 0.5) is 11.4 Å². The van der Waals surface area contributed by atoms with Gasteiger partial charge in [-0.15, -0.1) is 0 Å². The minimum Gasteiger partial charge on any atom is -0.268 e. The van der Waals surface area contributed by atoms with E-state index in [2.05, 4.69) is 0 Å². The number of fused-ring (bicyclic) bond motifs is 2. The Hall–Kier alpha value is -4.49. The summed E-state index contributed by atoms with van der Waals surface area (Å²) in [7, 11) is 0. The molecular formula is C30H20N2O4S. The van der Waals surface area contributed by atoms with Crippen molar-refractivity contribution in [1.29, 1.82) is 0 Å². The first-order chi connectivity index (χ1) is 17.8. The number of carbonyl (C=O) groups is 4. The third-order valence-electron chi connectivity index (χ3n) is 6.66.